The number of hydrogen-bond donors (Lipinski definition) is 2. The smallest absolute Gasteiger partial charge is 0.255 e. The van der Waals surface area contributed by atoms with Gasteiger partial charge in [-0.25, -0.2) is 0 Å². The first-order valence-electron chi connectivity index (χ1n) is 10.8. The van der Waals surface area contributed by atoms with Crippen molar-refractivity contribution in [2.75, 3.05) is 40.0 Å². The molecule has 9 nitrogen and oxygen atoms in total. The fourth-order valence-corrected chi connectivity index (χ4v) is 4.34. The van der Waals surface area contributed by atoms with Gasteiger partial charge >= 0.3 is 0 Å². The number of nitrogens with one attached hydrogen (secondary N) is 2. The first-order chi connectivity index (χ1) is 15.0. The molecule has 4 rings (SSSR count). The molecule has 31 heavy (non-hydrogen) atoms. The predicted octanol–water partition coefficient (Wildman–Crippen LogP) is 0.864. The van der Waals surface area contributed by atoms with Crippen LogP contribution in [0.25, 0.3) is 0 Å². The van der Waals surface area contributed by atoms with E-state index in [1.54, 1.807) is 30.2 Å². The van der Waals surface area contributed by atoms with Gasteiger partial charge in [0.2, 0.25) is 11.8 Å². The zero-order chi connectivity index (χ0) is 21.8. The van der Waals surface area contributed by atoms with E-state index in [2.05, 4.69) is 10.6 Å². The number of likely N-dealkylation sites (tertiary alicyclic amines) is 1. The zero-order valence-electron chi connectivity index (χ0n) is 17.8. The average Bonchev–Trinajstić information content (AvgIpc) is 3.01. The monoisotopic (exact) mass is 431 g/mol. The van der Waals surface area contributed by atoms with Crippen LogP contribution in [0.2, 0.25) is 0 Å². The third-order valence-electron chi connectivity index (χ3n) is 6.18. The number of hydrogen-bond acceptors (Lipinski definition) is 6. The molecule has 3 heterocycles. The lowest BCUT2D eigenvalue weighted by molar-refractivity contribution is -0.136. The maximum atomic E-state index is 12.7. The summed E-state index contributed by atoms with van der Waals surface area (Å²) in [5, 5.41) is 5.88. The Kier molecular flexibility index (Phi) is 6.31. The van der Waals surface area contributed by atoms with Gasteiger partial charge < -0.3 is 29.7 Å². The van der Waals surface area contributed by atoms with Crippen LogP contribution in [0.5, 0.6) is 11.5 Å². The van der Waals surface area contributed by atoms with E-state index >= 15 is 0 Å². The summed E-state index contributed by atoms with van der Waals surface area (Å²) in [5.74, 6) is 0.571. The van der Waals surface area contributed by atoms with Gasteiger partial charge in [0.1, 0.15) is 17.1 Å². The fourth-order valence-electron chi connectivity index (χ4n) is 4.34. The molecule has 3 amide bonds. The quantitative estimate of drug-likeness (QED) is 0.733. The summed E-state index contributed by atoms with van der Waals surface area (Å²) >= 11 is 0. The average molecular weight is 431 g/mol. The Labute approximate surface area is 181 Å². The van der Waals surface area contributed by atoms with Crippen molar-refractivity contribution in [1.82, 2.24) is 15.5 Å². The Morgan fingerprint density at radius 2 is 2.23 bits per heavy atom. The number of benzene rings is 1. The zero-order valence-corrected chi connectivity index (χ0v) is 17.8. The molecule has 2 N–H and O–H groups in total. The Hall–Kier alpha value is -2.81. The van der Waals surface area contributed by atoms with Gasteiger partial charge in [-0.2, -0.15) is 0 Å². The number of ether oxygens (including phenoxy) is 3. The second kappa shape index (κ2) is 9.13. The van der Waals surface area contributed by atoms with Gasteiger partial charge in [0.05, 0.1) is 38.4 Å². The second-order valence-corrected chi connectivity index (χ2v) is 8.38. The Morgan fingerprint density at radius 1 is 1.35 bits per heavy atom. The van der Waals surface area contributed by atoms with Crippen LogP contribution < -0.4 is 20.1 Å². The lowest BCUT2D eigenvalue weighted by atomic mass is 9.94. The molecule has 2 fully saturated rings. The number of fused-ring (bicyclic) bond motifs is 1. The second-order valence-electron chi connectivity index (χ2n) is 8.38. The van der Waals surface area contributed by atoms with Crippen LogP contribution >= 0.6 is 0 Å². The Bertz CT molecular complexity index is 854. The molecule has 2 unspecified atom stereocenters. The van der Waals surface area contributed by atoms with Crippen LogP contribution in [0, 0.1) is 0 Å². The van der Waals surface area contributed by atoms with Gasteiger partial charge in [-0.3, -0.25) is 14.4 Å². The molecule has 2 atom stereocenters. The number of nitrogens with zero attached hydrogens (tertiary/aromatic N) is 1. The summed E-state index contributed by atoms with van der Waals surface area (Å²) in [7, 11) is 1.56. The molecule has 2 saturated heterocycles. The molecule has 3 aliphatic heterocycles. The highest BCUT2D eigenvalue weighted by Gasteiger charge is 2.40. The summed E-state index contributed by atoms with van der Waals surface area (Å²) in [6.07, 6.45) is 3.02. The molecular weight excluding hydrogens is 402 g/mol. The molecule has 168 valence electrons. The van der Waals surface area contributed by atoms with E-state index in [0.29, 0.717) is 49.6 Å². The number of rotatable bonds is 4. The van der Waals surface area contributed by atoms with Crippen molar-refractivity contribution in [3.05, 3.63) is 23.8 Å². The lowest BCUT2D eigenvalue weighted by Crippen LogP contribution is -2.48. The summed E-state index contributed by atoms with van der Waals surface area (Å²) in [5.41, 5.74) is -0.273. The van der Waals surface area contributed by atoms with Crippen molar-refractivity contribution < 1.29 is 28.6 Å². The molecule has 0 aromatic heterocycles. The van der Waals surface area contributed by atoms with Crippen LogP contribution in [0.15, 0.2) is 18.2 Å². The molecule has 0 bridgehead atoms. The van der Waals surface area contributed by atoms with Crippen LogP contribution in [0.3, 0.4) is 0 Å². The van der Waals surface area contributed by atoms with E-state index in [-0.39, 0.29) is 36.7 Å². The minimum absolute atomic E-state index is 0.00144. The van der Waals surface area contributed by atoms with E-state index in [9.17, 15) is 14.4 Å². The number of carbonyl (C=O) groups excluding carboxylic acids is 3. The molecule has 1 spiro atoms. The molecular formula is C22H29N3O6. The van der Waals surface area contributed by atoms with Crippen LogP contribution in [0.4, 0.5) is 0 Å². The van der Waals surface area contributed by atoms with E-state index in [1.165, 1.54) is 0 Å². The predicted molar refractivity (Wildman–Crippen MR) is 111 cm³/mol. The van der Waals surface area contributed by atoms with Crippen molar-refractivity contribution in [3.63, 3.8) is 0 Å². The van der Waals surface area contributed by atoms with Gasteiger partial charge in [-0.05, 0) is 31.4 Å². The lowest BCUT2D eigenvalue weighted by Gasteiger charge is -2.32. The van der Waals surface area contributed by atoms with E-state index in [1.807, 2.05) is 0 Å². The normalized spacial score (nSPS) is 26.2. The summed E-state index contributed by atoms with van der Waals surface area (Å²) in [6, 6.07) is 5.09. The highest BCUT2D eigenvalue weighted by atomic mass is 16.5. The fraction of sp³-hybridized carbons (Fsp3) is 0.591. The number of carbonyl (C=O) groups is 3. The van der Waals surface area contributed by atoms with Crippen molar-refractivity contribution in [1.29, 1.82) is 0 Å². The molecule has 1 aromatic carbocycles. The van der Waals surface area contributed by atoms with Gasteiger partial charge in [0, 0.05) is 32.1 Å². The minimum Gasteiger partial charge on any atom is -0.497 e. The molecule has 3 aliphatic rings. The van der Waals surface area contributed by atoms with E-state index in [4.69, 9.17) is 14.2 Å². The topological polar surface area (TPSA) is 106 Å². The Balaban J connectivity index is 1.43. The number of methoxy groups -OCH3 is 1. The number of amides is 3. The summed E-state index contributed by atoms with van der Waals surface area (Å²) in [6.45, 7) is 1.93. The highest BCUT2D eigenvalue weighted by molar-refractivity contribution is 5.97. The molecule has 0 saturated carbocycles. The van der Waals surface area contributed by atoms with Crippen molar-refractivity contribution in [3.8, 4) is 11.5 Å². The SMILES string of the molecule is COc1ccc2c(c1)OC1(CCC(=O)N(CC(=O)NC3CCCOC3)CC1)CNC2=O. The largest absolute Gasteiger partial charge is 0.497 e. The summed E-state index contributed by atoms with van der Waals surface area (Å²) < 4.78 is 17.0. The molecule has 0 aliphatic carbocycles. The summed E-state index contributed by atoms with van der Waals surface area (Å²) in [4.78, 5) is 39.3. The molecule has 1 aromatic rings. The minimum atomic E-state index is -0.717. The third-order valence-corrected chi connectivity index (χ3v) is 6.18. The molecule has 9 heteroatoms. The maximum absolute atomic E-state index is 12.7. The van der Waals surface area contributed by atoms with Gasteiger partial charge in [-0.1, -0.05) is 0 Å². The van der Waals surface area contributed by atoms with Gasteiger partial charge in [0.25, 0.3) is 5.91 Å². The third kappa shape index (κ3) is 4.92. The standard InChI is InChI=1S/C22H29N3O6/c1-29-16-4-5-17-18(11-16)31-22(14-23-21(17)28)7-6-20(27)25(9-8-22)12-19(26)24-15-3-2-10-30-13-15/h4-5,11,15H,2-3,6-10,12-14H2,1H3,(H,23,28)(H,24,26). The van der Waals surface area contributed by atoms with Crippen molar-refractivity contribution in [2.45, 2.75) is 43.7 Å². The van der Waals surface area contributed by atoms with E-state index in [0.717, 1.165) is 19.4 Å². The van der Waals surface area contributed by atoms with Gasteiger partial charge in [-0.15, -0.1) is 0 Å². The molecule has 0 radical (unpaired) electrons. The van der Waals surface area contributed by atoms with Crippen LogP contribution in [-0.2, 0) is 14.3 Å². The maximum Gasteiger partial charge on any atom is 0.255 e. The van der Waals surface area contributed by atoms with Crippen LogP contribution in [0.1, 0.15) is 42.5 Å². The van der Waals surface area contributed by atoms with Crippen molar-refractivity contribution in [2.24, 2.45) is 0 Å². The first-order valence-corrected chi connectivity index (χ1v) is 10.8. The van der Waals surface area contributed by atoms with Gasteiger partial charge in [0.15, 0.2) is 0 Å². The van der Waals surface area contributed by atoms with Crippen LogP contribution in [-0.4, -0.2) is 74.2 Å². The van der Waals surface area contributed by atoms with E-state index < -0.39 is 5.60 Å². The first kappa shape index (κ1) is 21.4. The highest BCUT2D eigenvalue weighted by Crippen LogP contribution is 2.35. The Morgan fingerprint density at radius 3 is 3.00 bits per heavy atom. The van der Waals surface area contributed by atoms with Crippen molar-refractivity contribution >= 4 is 17.7 Å².